The lowest BCUT2D eigenvalue weighted by atomic mass is 9.87. The Labute approximate surface area is 197 Å². The standard InChI is InChI=1S/C24H31N3O2.2ClH/c1-24(2,3)20-5-7-21(8-6-20)29-22-9-4-19(16-26-22)23(28)27-12-10-17-14-25-15-18(17)11-13-27;;/h4-9,16-18,25H,10-15H2,1-3H3;2*1H/t17-,18+;;. The van der Waals surface area contributed by atoms with E-state index in [4.69, 9.17) is 4.74 Å². The van der Waals surface area contributed by atoms with Gasteiger partial charge in [0, 0.05) is 25.4 Å². The van der Waals surface area contributed by atoms with Crippen molar-refractivity contribution >= 4 is 30.7 Å². The highest BCUT2D eigenvalue weighted by molar-refractivity contribution is 5.94. The van der Waals surface area contributed by atoms with Crippen LogP contribution in [0.3, 0.4) is 0 Å². The Hall–Kier alpha value is -1.82. The highest BCUT2D eigenvalue weighted by atomic mass is 35.5. The van der Waals surface area contributed by atoms with E-state index in [9.17, 15) is 4.79 Å². The molecular formula is C24H33Cl2N3O2. The van der Waals surface area contributed by atoms with Crippen molar-refractivity contribution in [3.8, 4) is 11.6 Å². The minimum Gasteiger partial charge on any atom is -0.439 e. The zero-order valence-electron chi connectivity index (χ0n) is 18.5. The fourth-order valence-electron chi connectivity index (χ4n) is 4.31. The lowest BCUT2D eigenvalue weighted by molar-refractivity contribution is 0.0758. The van der Waals surface area contributed by atoms with Crippen LogP contribution in [0.5, 0.6) is 11.6 Å². The topological polar surface area (TPSA) is 54.5 Å². The SMILES string of the molecule is CC(C)(C)c1ccc(Oc2ccc(C(=O)N3CC[C@@H]4CNC[C@@H]4CC3)cn2)cc1.Cl.Cl. The van der Waals surface area contributed by atoms with Crippen LogP contribution >= 0.6 is 24.8 Å². The number of nitrogens with zero attached hydrogens (tertiary/aromatic N) is 2. The van der Waals surface area contributed by atoms with Crippen molar-refractivity contribution in [1.82, 2.24) is 15.2 Å². The number of nitrogens with one attached hydrogen (secondary N) is 1. The second-order valence-electron chi connectivity index (χ2n) is 9.31. The molecule has 1 amide bonds. The average Bonchev–Trinajstić information content (AvgIpc) is 3.06. The first-order valence-electron chi connectivity index (χ1n) is 10.6. The van der Waals surface area contributed by atoms with Crippen molar-refractivity contribution in [2.75, 3.05) is 26.2 Å². The number of rotatable bonds is 3. The van der Waals surface area contributed by atoms with Crippen LogP contribution in [0.25, 0.3) is 0 Å². The molecule has 0 saturated carbocycles. The van der Waals surface area contributed by atoms with Crippen molar-refractivity contribution in [1.29, 1.82) is 0 Å². The molecule has 2 saturated heterocycles. The number of fused-ring (bicyclic) bond motifs is 1. The van der Waals surface area contributed by atoms with E-state index in [-0.39, 0.29) is 36.1 Å². The van der Waals surface area contributed by atoms with E-state index in [1.807, 2.05) is 23.1 Å². The lowest BCUT2D eigenvalue weighted by Crippen LogP contribution is -2.32. The first kappa shape index (κ1) is 25.4. The molecule has 3 heterocycles. The number of hydrogen-bond acceptors (Lipinski definition) is 4. The molecule has 1 aromatic carbocycles. The number of ether oxygens (including phenoxy) is 1. The summed E-state index contributed by atoms with van der Waals surface area (Å²) < 4.78 is 5.85. The van der Waals surface area contributed by atoms with Crippen molar-refractivity contribution in [2.24, 2.45) is 11.8 Å². The van der Waals surface area contributed by atoms with Gasteiger partial charge in [0.25, 0.3) is 5.91 Å². The van der Waals surface area contributed by atoms with Gasteiger partial charge in [-0.05, 0) is 66.9 Å². The third-order valence-corrected chi connectivity index (χ3v) is 6.23. The Kier molecular flexibility index (Phi) is 8.75. The van der Waals surface area contributed by atoms with Crippen LogP contribution in [0.4, 0.5) is 0 Å². The van der Waals surface area contributed by atoms with Gasteiger partial charge in [-0.2, -0.15) is 0 Å². The van der Waals surface area contributed by atoms with Gasteiger partial charge in [0.1, 0.15) is 5.75 Å². The summed E-state index contributed by atoms with van der Waals surface area (Å²) in [6.07, 6.45) is 3.81. The quantitative estimate of drug-likeness (QED) is 0.685. The first-order valence-corrected chi connectivity index (χ1v) is 10.6. The van der Waals surface area contributed by atoms with Crippen molar-refractivity contribution < 1.29 is 9.53 Å². The molecule has 2 aliphatic heterocycles. The average molecular weight is 466 g/mol. The maximum absolute atomic E-state index is 12.9. The van der Waals surface area contributed by atoms with Crippen LogP contribution in [-0.2, 0) is 5.41 Å². The predicted octanol–water partition coefficient (Wildman–Crippen LogP) is 5.09. The van der Waals surface area contributed by atoms with Crippen molar-refractivity contribution in [3.05, 3.63) is 53.7 Å². The molecule has 2 atom stereocenters. The minimum atomic E-state index is 0. The van der Waals surface area contributed by atoms with Gasteiger partial charge in [-0.25, -0.2) is 4.98 Å². The van der Waals surface area contributed by atoms with E-state index in [1.54, 1.807) is 12.3 Å². The number of carbonyl (C=O) groups excluding carboxylic acids is 1. The Morgan fingerprint density at radius 3 is 2.13 bits per heavy atom. The highest BCUT2D eigenvalue weighted by Gasteiger charge is 2.31. The van der Waals surface area contributed by atoms with Gasteiger partial charge in [-0.3, -0.25) is 4.79 Å². The third-order valence-electron chi connectivity index (χ3n) is 6.23. The number of likely N-dealkylation sites (tertiary alicyclic amines) is 1. The molecule has 0 spiro atoms. The van der Waals surface area contributed by atoms with E-state index in [0.717, 1.165) is 44.8 Å². The monoisotopic (exact) mass is 465 g/mol. The molecule has 0 radical (unpaired) electrons. The third kappa shape index (κ3) is 6.12. The van der Waals surface area contributed by atoms with Crippen LogP contribution in [0.15, 0.2) is 42.6 Å². The van der Waals surface area contributed by atoms with Gasteiger partial charge >= 0.3 is 0 Å². The summed E-state index contributed by atoms with van der Waals surface area (Å²) in [7, 11) is 0. The fraction of sp³-hybridized carbons (Fsp3) is 0.500. The number of hydrogen-bond donors (Lipinski definition) is 1. The molecule has 170 valence electrons. The Morgan fingerprint density at radius 2 is 1.61 bits per heavy atom. The van der Waals surface area contributed by atoms with Crippen LogP contribution in [-0.4, -0.2) is 42.0 Å². The van der Waals surface area contributed by atoms with Gasteiger partial charge in [0.05, 0.1) is 5.56 Å². The number of halogens is 2. The molecule has 1 N–H and O–H groups in total. The van der Waals surface area contributed by atoms with Crippen LogP contribution in [0.2, 0.25) is 0 Å². The predicted molar refractivity (Wildman–Crippen MR) is 129 cm³/mol. The summed E-state index contributed by atoms with van der Waals surface area (Å²) in [5.41, 5.74) is 2.00. The van der Waals surface area contributed by atoms with Gasteiger partial charge in [0.15, 0.2) is 0 Å². The second kappa shape index (κ2) is 10.7. The molecule has 0 unspecified atom stereocenters. The van der Waals surface area contributed by atoms with Gasteiger partial charge < -0.3 is 15.0 Å². The molecule has 31 heavy (non-hydrogen) atoms. The van der Waals surface area contributed by atoms with E-state index in [2.05, 4.69) is 43.2 Å². The molecule has 7 heteroatoms. The summed E-state index contributed by atoms with van der Waals surface area (Å²) >= 11 is 0. The number of carbonyl (C=O) groups is 1. The van der Waals surface area contributed by atoms with E-state index < -0.39 is 0 Å². The van der Waals surface area contributed by atoms with Gasteiger partial charge in [0.2, 0.25) is 5.88 Å². The summed E-state index contributed by atoms with van der Waals surface area (Å²) in [6.45, 7) is 10.4. The smallest absolute Gasteiger partial charge is 0.255 e. The van der Waals surface area contributed by atoms with Crippen molar-refractivity contribution in [3.63, 3.8) is 0 Å². The Bertz CT molecular complexity index is 837. The molecule has 2 fully saturated rings. The molecule has 4 rings (SSSR count). The number of benzene rings is 1. The lowest BCUT2D eigenvalue weighted by Gasteiger charge is -2.21. The zero-order valence-corrected chi connectivity index (χ0v) is 20.1. The highest BCUT2D eigenvalue weighted by Crippen LogP contribution is 2.28. The maximum Gasteiger partial charge on any atom is 0.255 e. The van der Waals surface area contributed by atoms with Gasteiger partial charge in [-0.1, -0.05) is 32.9 Å². The maximum atomic E-state index is 12.9. The van der Waals surface area contributed by atoms with Crippen molar-refractivity contribution in [2.45, 2.75) is 39.0 Å². The summed E-state index contributed by atoms with van der Waals surface area (Å²) in [5, 5.41) is 3.48. The normalized spacial score (nSPS) is 20.7. The summed E-state index contributed by atoms with van der Waals surface area (Å²) in [6, 6.07) is 11.7. The molecule has 0 aliphatic carbocycles. The van der Waals surface area contributed by atoms with E-state index in [0.29, 0.717) is 23.3 Å². The summed E-state index contributed by atoms with van der Waals surface area (Å²) in [5.74, 6) is 2.75. The number of aromatic nitrogens is 1. The Morgan fingerprint density at radius 1 is 1.00 bits per heavy atom. The van der Waals surface area contributed by atoms with Crippen LogP contribution in [0, 0.1) is 11.8 Å². The molecule has 5 nitrogen and oxygen atoms in total. The molecule has 0 bridgehead atoms. The molecular weight excluding hydrogens is 433 g/mol. The fourth-order valence-corrected chi connectivity index (χ4v) is 4.31. The Balaban J connectivity index is 0.00000171. The summed E-state index contributed by atoms with van der Waals surface area (Å²) in [4.78, 5) is 19.3. The second-order valence-corrected chi connectivity index (χ2v) is 9.31. The van der Waals surface area contributed by atoms with Gasteiger partial charge in [-0.15, -0.1) is 24.8 Å². The van der Waals surface area contributed by atoms with Crippen LogP contribution in [0.1, 0.15) is 49.5 Å². The number of pyridine rings is 1. The molecule has 2 aliphatic rings. The van der Waals surface area contributed by atoms with Crippen LogP contribution < -0.4 is 10.1 Å². The first-order chi connectivity index (χ1) is 13.9. The minimum absolute atomic E-state index is 0. The van der Waals surface area contributed by atoms with E-state index >= 15 is 0 Å². The largest absolute Gasteiger partial charge is 0.439 e. The molecule has 1 aromatic heterocycles. The zero-order chi connectivity index (χ0) is 20.4. The molecule has 2 aromatic rings. The number of amides is 1. The van der Waals surface area contributed by atoms with E-state index in [1.165, 1.54) is 5.56 Å².